The van der Waals surface area contributed by atoms with E-state index >= 15 is 0 Å². The minimum atomic E-state index is -0.696. The molecule has 0 aromatic rings. The topological polar surface area (TPSA) is 110 Å². The van der Waals surface area contributed by atoms with Crippen LogP contribution < -0.4 is 0 Å². The number of hydrogen-bond acceptors (Lipinski definition) is 7. The van der Waals surface area contributed by atoms with Gasteiger partial charge < -0.3 is 24.5 Å². The lowest BCUT2D eigenvalue weighted by molar-refractivity contribution is -0.196. The first-order chi connectivity index (χ1) is 12.7. The average Bonchev–Trinajstić information content (AvgIpc) is 2.91. The van der Waals surface area contributed by atoms with Crippen molar-refractivity contribution in [2.24, 2.45) is 29.1 Å². The molecule has 0 radical (unpaired) electrons. The molecule has 1 unspecified atom stereocenters. The van der Waals surface area contributed by atoms with Gasteiger partial charge in [0.15, 0.2) is 0 Å². The van der Waals surface area contributed by atoms with Crippen molar-refractivity contribution in [2.45, 2.75) is 57.8 Å². The van der Waals surface area contributed by atoms with Gasteiger partial charge in [-0.3, -0.25) is 4.79 Å². The highest BCUT2D eigenvalue weighted by Crippen LogP contribution is 2.58. The molecule has 1 aliphatic heterocycles. The minimum absolute atomic E-state index is 0.111. The lowest BCUT2D eigenvalue weighted by Gasteiger charge is -2.55. The molecule has 7 nitrogen and oxygen atoms in total. The molecular weight excluding hydrogens is 352 g/mol. The molecule has 1 saturated heterocycles. The summed E-state index contributed by atoms with van der Waals surface area (Å²) in [6.07, 6.45) is 0.534. The fraction of sp³-hybridized carbons (Fsp3) is 0.750. The Labute approximate surface area is 158 Å². The quantitative estimate of drug-likeness (QED) is 0.416. The van der Waals surface area contributed by atoms with Crippen LogP contribution in [0.3, 0.4) is 0 Å². The van der Waals surface area contributed by atoms with E-state index in [-0.39, 0.29) is 42.3 Å². The van der Waals surface area contributed by atoms with Crippen molar-refractivity contribution in [2.75, 3.05) is 6.61 Å². The van der Waals surface area contributed by atoms with E-state index < -0.39 is 35.6 Å². The maximum atomic E-state index is 12.4. The van der Waals surface area contributed by atoms with Crippen molar-refractivity contribution in [1.29, 1.82) is 0 Å². The Bertz CT molecular complexity index is 644. The second kappa shape index (κ2) is 7.36. The fourth-order valence-corrected chi connectivity index (χ4v) is 5.37. The van der Waals surface area contributed by atoms with Gasteiger partial charge in [0.25, 0.3) is 0 Å². The van der Waals surface area contributed by atoms with Gasteiger partial charge in [0, 0.05) is 41.8 Å². The van der Waals surface area contributed by atoms with E-state index in [1.54, 1.807) is 6.92 Å². The fourth-order valence-electron chi connectivity index (χ4n) is 5.37. The Morgan fingerprint density at radius 1 is 1.44 bits per heavy atom. The molecule has 8 atom stereocenters. The van der Waals surface area contributed by atoms with Crippen molar-refractivity contribution in [1.82, 2.24) is 0 Å². The number of aliphatic hydroxyl groups excluding tert-OH is 2. The summed E-state index contributed by atoms with van der Waals surface area (Å²) in [5.41, 5.74) is -0.535. The van der Waals surface area contributed by atoms with Gasteiger partial charge >= 0.3 is 11.9 Å². The molecular formula is C20H28O7. The highest BCUT2D eigenvalue weighted by molar-refractivity contribution is 5.88. The van der Waals surface area contributed by atoms with Crippen LogP contribution in [0.25, 0.3) is 0 Å². The Hall–Kier alpha value is -1.73. The smallest absolute Gasteiger partial charge is 0.333 e. The first-order valence-electron chi connectivity index (χ1n) is 9.58. The summed E-state index contributed by atoms with van der Waals surface area (Å²) < 4.78 is 11.3. The van der Waals surface area contributed by atoms with Crippen LogP contribution in [0.4, 0.5) is 0 Å². The highest BCUT2D eigenvalue weighted by atomic mass is 16.6. The van der Waals surface area contributed by atoms with E-state index in [2.05, 4.69) is 6.58 Å². The number of ether oxygens (including phenoxy) is 2. The van der Waals surface area contributed by atoms with Crippen molar-refractivity contribution in [3.63, 3.8) is 0 Å². The van der Waals surface area contributed by atoms with Crippen LogP contribution in [0.15, 0.2) is 12.2 Å². The van der Waals surface area contributed by atoms with E-state index in [0.29, 0.717) is 19.3 Å². The van der Waals surface area contributed by atoms with Gasteiger partial charge in [0.2, 0.25) is 0 Å². The highest BCUT2D eigenvalue weighted by Gasteiger charge is 2.64. The monoisotopic (exact) mass is 380 g/mol. The lowest BCUT2D eigenvalue weighted by atomic mass is 9.51. The standard InChI is InChI=1S/C20H28O7/c1-10(6-7-21)18(24)26-13-8-20(3)14(23)5-4-12(9-22)16(20)17-15(13)11(2)19(25)27-17/h9,11-17,21,23H,1,4-8H2,2-3H3/t11-,12+,13-,14+,15+,16?,17-,20-/m0/s1. The number of aldehydes is 1. The summed E-state index contributed by atoms with van der Waals surface area (Å²) in [5, 5.41) is 19.7. The normalized spacial score (nSPS) is 43.3. The van der Waals surface area contributed by atoms with Gasteiger partial charge in [0.1, 0.15) is 18.5 Å². The van der Waals surface area contributed by atoms with Crippen LogP contribution in [0.5, 0.6) is 0 Å². The SMILES string of the molecule is C=C(CCO)C(=O)O[C@H]1C[C@]2(C)C([C@H]3OC(=O)[C@@H](C)[C@H]13)[C@@H](C=O)CC[C@H]2O. The summed E-state index contributed by atoms with van der Waals surface area (Å²) in [7, 11) is 0. The molecule has 0 bridgehead atoms. The van der Waals surface area contributed by atoms with Crippen LogP contribution in [-0.4, -0.2) is 53.4 Å². The summed E-state index contributed by atoms with van der Waals surface area (Å²) in [6.45, 7) is 7.06. The second-order valence-electron chi connectivity index (χ2n) is 8.42. The van der Waals surface area contributed by atoms with E-state index in [0.717, 1.165) is 6.29 Å². The molecule has 150 valence electrons. The molecule has 2 N–H and O–H groups in total. The maximum absolute atomic E-state index is 12.4. The number of aliphatic hydroxyl groups is 2. The lowest BCUT2D eigenvalue weighted by Crippen LogP contribution is -2.61. The number of hydrogen-bond donors (Lipinski definition) is 2. The van der Waals surface area contributed by atoms with Gasteiger partial charge in [-0.1, -0.05) is 20.4 Å². The molecule has 2 saturated carbocycles. The molecule has 7 heteroatoms. The number of carbonyl (C=O) groups excluding carboxylic acids is 3. The van der Waals surface area contributed by atoms with Crippen molar-refractivity contribution in [3.05, 3.63) is 12.2 Å². The van der Waals surface area contributed by atoms with Crippen molar-refractivity contribution >= 4 is 18.2 Å². The largest absolute Gasteiger partial charge is 0.461 e. The first-order valence-corrected chi connectivity index (χ1v) is 9.58. The number of esters is 2. The minimum Gasteiger partial charge on any atom is -0.461 e. The molecule has 2 aliphatic carbocycles. The summed E-state index contributed by atoms with van der Waals surface area (Å²) >= 11 is 0. The van der Waals surface area contributed by atoms with Crippen LogP contribution >= 0.6 is 0 Å². The number of rotatable bonds is 5. The van der Waals surface area contributed by atoms with Crippen molar-refractivity contribution < 1.29 is 34.1 Å². The number of fused-ring (bicyclic) bond motifs is 3. The third-order valence-corrected chi connectivity index (χ3v) is 6.90. The molecule has 0 spiro atoms. The molecule has 1 heterocycles. The van der Waals surface area contributed by atoms with Crippen LogP contribution in [0.1, 0.15) is 39.5 Å². The molecule has 3 rings (SSSR count). The first kappa shape index (κ1) is 20.0. The maximum Gasteiger partial charge on any atom is 0.333 e. The van der Waals surface area contributed by atoms with E-state index in [1.807, 2.05) is 6.92 Å². The van der Waals surface area contributed by atoms with Gasteiger partial charge in [0.05, 0.1) is 12.0 Å². The average molecular weight is 380 g/mol. The predicted molar refractivity (Wildman–Crippen MR) is 94.3 cm³/mol. The van der Waals surface area contributed by atoms with E-state index in [9.17, 15) is 19.5 Å². The second-order valence-corrected chi connectivity index (χ2v) is 8.42. The Morgan fingerprint density at radius 2 is 2.15 bits per heavy atom. The molecule has 0 amide bonds. The third kappa shape index (κ3) is 3.21. The molecule has 27 heavy (non-hydrogen) atoms. The Kier molecular flexibility index (Phi) is 5.45. The summed E-state index contributed by atoms with van der Waals surface area (Å²) in [6, 6.07) is 0. The van der Waals surface area contributed by atoms with Crippen molar-refractivity contribution in [3.8, 4) is 0 Å². The zero-order chi connectivity index (χ0) is 19.9. The molecule has 0 aromatic carbocycles. The summed E-state index contributed by atoms with van der Waals surface area (Å²) in [4.78, 5) is 36.4. The number of carbonyl (C=O) groups is 3. The van der Waals surface area contributed by atoms with Gasteiger partial charge in [-0.25, -0.2) is 4.79 Å². The Morgan fingerprint density at radius 3 is 2.78 bits per heavy atom. The Balaban J connectivity index is 1.94. The molecule has 3 aliphatic rings. The van der Waals surface area contributed by atoms with E-state index in [1.165, 1.54) is 0 Å². The predicted octanol–water partition coefficient (Wildman–Crippen LogP) is 1.01. The van der Waals surface area contributed by atoms with Crippen LogP contribution in [-0.2, 0) is 23.9 Å². The van der Waals surface area contributed by atoms with Gasteiger partial charge in [-0.2, -0.15) is 0 Å². The molecule has 3 fully saturated rings. The van der Waals surface area contributed by atoms with Crippen LogP contribution in [0.2, 0.25) is 0 Å². The zero-order valence-electron chi connectivity index (χ0n) is 15.8. The third-order valence-electron chi connectivity index (χ3n) is 6.90. The van der Waals surface area contributed by atoms with Gasteiger partial charge in [-0.15, -0.1) is 0 Å². The van der Waals surface area contributed by atoms with E-state index in [4.69, 9.17) is 14.6 Å². The zero-order valence-corrected chi connectivity index (χ0v) is 15.8. The molecule has 0 aromatic heterocycles. The van der Waals surface area contributed by atoms with Gasteiger partial charge in [-0.05, 0) is 19.3 Å². The van der Waals surface area contributed by atoms with Crippen LogP contribution in [0, 0.1) is 29.1 Å². The summed E-state index contributed by atoms with van der Waals surface area (Å²) in [5.74, 6) is -2.41.